The van der Waals surface area contributed by atoms with Gasteiger partial charge in [-0.2, -0.15) is 0 Å². The van der Waals surface area contributed by atoms with Gasteiger partial charge in [0, 0.05) is 45.0 Å². The molecule has 1 atom stereocenters. The van der Waals surface area contributed by atoms with Crippen LogP contribution in [0.15, 0.2) is 36.5 Å². The molecule has 1 aliphatic heterocycles. The van der Waals surface area contributed by atoms with Crippen molar-refractivity contribution in [1.29, 1.82) is 0 Å². The number of aromatic nitrogens is 2. The highest BCUT2D eigenvalue weighted by atomic mass is 16.2. The number of nitrogens with one attached hydrogen (secondary N) is 1. The molecular weight excluding hydrogens is 354 g/mol. The van der Waals surface area contributed by atoms with Crippen LogP contribution in [0.3, 0.4) is 0 Å². The van der Waals surface area contributed by atoms with Crippen LogP contribution in [-0.2, 0) is 21.4 Å². The molecule has 0 bridgehead atoms. The van der Waals surface area contributed by atoms with Crippen molar-refractivity contribution in [2.75, 3.05) is 31.5 Å². The maximum Gasteiger partial charge on any atom is 0.234 e. The van der Waals surface area contributed by atoms with Crippen molar-refractivity contribution in [2.45, 2.75) is 32.1 Å². The molecule has 1 aromatic heterocycles. The molecule has 28 heavy (non-hydrogen) atoms. The summed E-state index contributed by atoms with van der Waals surface area (Å²) in [6.45, 7) is 5.89. The molecule has 1 aromatic carbocycles. The van der Waals surface area contributed by atoms with Crippen molar-refractivity contribution >= 4 is 23.5 Å². The van der Waals surface area contributed by atoms with Crippen LogP contribution in [0.25, 0.3) is 0 Å². The molecule has 1 fully saturated rings. The second kappa shape index (κ2) is 7.22. The van der Waals surface area contributed by atoms with Crippen LogP contribution >= 0.6 is 0 Å². The van der Waals surface area contributed by atoms with Gasteiger partial charge >= 0.3 is 0 Å². The molecule has 1 saturated heterocycles. The number of fused-ring (bicyclic) bond motifs is 1. The Morgan fingerprint density at radius 2 is 1.75 bits per heavy atom. The van der Waals surface area contributed by atoms with Gasteiger partial charge in [0.15, 0.2) is 0 Å². The number of benzene rings is 1. The zero-order valence-electron chi connectivity index (χ0n) is 16.3. The average molecular weight is 379 g/mol. The van der Waals surface area contributed by atoms with E-state index in [4.69, 9.17) is 4.98 Å². The predicted octanol–water partition coefficient (Wildman–Crippen LogP) is 2.11. The Bertz CT molecular complexity index is 893. The molecule has 1 unspecified atom stereocenters. The first-order valence-electron chi connectivity index (χ1n) is 9.71. The van der Waals surface area contributed by atoms with Crippen LogP contribution in [0.4, 0.5) is 11.6 Å². The van der Waals surface area contributed by atoms with E-state index >= 15 is 0 Å². The third-order valence-electron chi connectivity index (χ3n) is 5.80. The summed E-state index contributed by atoms with van der Waals surface area (Å²) < 4.78 is 0. The van der Waals surface area contributed by atoms with Gasteiger partial charge in [-0.15, -0.1) is 0 Å². The van der Waals surface area contributed by atoms with Crippen LogP contribution in [0.1, 0.15) is 31.5 Å². The van der Waals surface area contributed by atoms with Gasteiger partial charge in [-0.3, -0.25) is 9.59 Å². The lowest BCUT2D eigenvalue weighted by Gasteiger charge is -2.38. The molecule has 0 radical (unpaired) electrons. The SMILES string of the molecule is CC(=O)N1CCN(C(=O)C2(C)CCc3cnc(Nc4ccccc4)nc32)CC1. The van der Waals surface area contributed by atoms with E-state index in [1.165, 1.54) is 0 Å². The molecule has 2 aliphatic rings. The Kier molecular flexibility index (Phi) is 4.75. The number of hydrogen-bond donors (Lipinski definition) is 1. The van der Waals surface area contributed by atoms with Crippen LogP contribution in [0.5, 0.6) is 0 Å². The second-order valence-electron chi connectivity index (χ2n) is 7.69. The van der Waals surface area contributed by atoms with Gasteiger partial charge < -0.3 is 15.1 Å². The smallest absolute Gasteiger partial charge is 0.234 e. The summed E-state index contributed by atoms with van der Waals surface area (Å²) in [7, 11) is 0. The highest BCUT2D eigenvalue weighted by Crippen LogP contribution is 2.39. The van der Waals surface area contributed by atoms with E-state index in [0.717, 1.165) is 29.8 Å². The van der Waals surface area contributed by atoms with E-state index < -0.39 is 5.41 Å². The fourth-order valence-corrected chi connectivity index (χ4v) is 4.06. The lowest BCUT2D eigenvalue weighted by molar-refractivity contribution is -0.142. The molecule has 2 aromatic rings. The lowest BCUT2D eigenvalue weighted by Crippen LogP contribution is -2.54. The molecule has 2 heterocycles. The van der Waals surface area contributed by atoms with E-state index in [-0.39, 0.29) is 11.8 Å². The van der Waals surface area contributed by atoms with E-state index in [0.29, 0.717) is 32.1 Å². The van der Waals surface area contributed by atoms with Gasteiger partial charge in [0.25, 0.3) is 0 Å². The molecule has 1 aliphatic carbocycles. The zero-order valence-corrected chi connectivity index (χ0v) is 16.3. The minimum Gasteiger partial charge on any atom is -0.339 e. The molecule has 0 spiro atoms. The highest BCUT2D eigenvalue weighted by molar-refractivity contribution is 5.89. The number of amides is 2. The summed E-state index contributed by atoms with van der Waals surface area (Å²) in [5.41, 5.74) is 2.12. The lowest BCUT2D eigenvalue weighted by atomic mass is 9.85. The zero-order chi connectivity index (χ0) is 19.7. The van der Waals surface area contributed by atoms with Crippen molar-refractivity contribution in [2.24, 2.45) is 0 Å². The maximum atomic E-state index is 13.4. The summed E-state index contributed by atoms with van der Waals surface area (Å²) in [4.78, 5) is 37.7. The topological polar surface area (TPSA) is 78.4 Å². The first kappa shape index (κ1) is 18.4. The fourth-order valence-electron chi connectivity index (χ4n) is 4.06. The van der Waals surface area contributed by atoms with E-state index in [9.17, 15) is 9.59 Å². The van der Waals surface area contributed by atoms with Gasteiger partial charge in [0.2, 0.25) is 17.8 Å². The molecule has 7 heteroatoms. The summed E-state index contributed by atoms with van der Waals surface area (Å²) in [5, 5.41) is 3.22. The summed E-state index contributed by atoms with van der Waals surface area (Å²) >= 11 is 0. The van der Waals surface area contributed by atoms with Crippen molar-refractivity contribution in [3.05, 3.63) is 47.8 Å². The first-order valence-corrected chi connectivity index (χ1v) is 9.71. The number of carbonyl (C=O) groups excluding carboxylic acids is 2. The van der Waals surface area contributed by atoms with Crippen molar-refractivity contribution < 1.29 is 9.59 Å². The van der Waals surface area contributed by atoms with E-state index in [2.05, 4.69) is 10.3 Å². The molecular formula is C21H25N5O2. The Morgan fingerprint density at radius 3 is 2.43 bits per heavy atom. The molecule has 7 nitrogen and oxygen atoms in total. The third-order valence-corrected chi connectivity index (χ3v) is 5.80. The Labute approximate surface area is 164 Å². The average Bonchev–Trinajstić information content (AvgIpc) is 3.06. The minimum absolute atomic E-state index is 0.0638. The van der Waals surface area contributed by atoms with Crippen molar-refractivity contribution in [3.8, 4) is 0 Å². The second-order valence-corrected chi connectivity index (χ2v) is 7.69. The van der Waals surface area contributed by atoms with Gasteiger partial charge in [-0.1, -0.05) is 18.2 Å². The fraction of sp³-hybridized carbons (Fsp3) is 0.429. The summed E-state index contributed by atoms with van der Waals surface area (Å²) in [5.74, 6) is 0.667. The number of carbonyl (C=O) groups is 2. The van der Waals surface area contributed by atoms with Gasteiger partial charge in [0.05, 0.1) is 11.1 Å². The Morgan fingerprint density at radius 1 is 1.07 bits per heavy atom. The van der Waals surface area contributed by atoms with Crippen LogP contribution < -0.4 is 5.32 Å². The normalized spacial score (nSPS) is 21.4. The molecule has 1 N–H and O–H groups in total. The molecule has 0 saturated carbocycles. The summed E-state index contributed by atoms with van der Waals surface area (Å²) in [6.07, 6.45) is 3.37. The number of rotatable bonds is 3. The Balaban J connectivity index is 1.54. The van der Waals surface area contributed by atoms with Crippen LogP contribution in [0, 0.1) is 0 Å². The van der Waals surface area contributed by atoms with Crippen LogP contribution in [-0.4, -0.2) is 57.8 Å². The third kappa shape index (κ3) is 3.32. The monoisotopic (exact) mass is 379 g/mol. The van der Waals surface area contributed by atoms with Gasteiger partial charge in [0.1, 0.15) is 0 Å². The summed E-state index contributed by atoms with van der Waals surface area (Å²) in [6, 6.07) is 9.76. The number of hydrogen-bond acceptors (Lipinski definition) is 5. The largest absolute Gasteiger partial charge is 0.339 e. The number of anilines is 2. The maximum absolute atomic E-state index is 13.4. The molecule has 146 valence electrons. The Hall–Kier alpha value is -2.96. The first-order chi connectivity index (χ1) is 13.5. The van der Waals surface area contributed by atoms with E-state index in [1.54, 1.807) is 11.8 Å². The number of aryl methyl sites for hydroxylation is 1. The van der Waals surface area contributed by atoms with Gasteiger partial charge in [-0.05, 0) is 37.5 Å². The molecule has 4 rings (SSSR count). The molecule has 2 amide bonds. The van der Waals surface area contributed by atoms with Crippen LogP contribution in [0.2, 0.25) is 0 Å². The van der Waals surface area contributed by atoms with E-state index in [1.807, 2.05) is 48.4 Å². The quantitative estimate of drug-likeness (QED) is 0.884. The predicted molar refractivity (Wildman–Crippen MR) is 106 cm³/mol. The highest BCUT2D eigenvalue weighted by Gasteiger charge is 2.45. The number of para-hydroxylation sites is 1. The van der Waals surface area contributed by atoms with Crippen molar-refractivity contribution in [1.82, 2.24) is 19.8 Å². The number of piperazine rings is 1. The minimum atomic E-state index is -0.649. The number of nitrogens with zero attached hydrogens (tertiary/aromatic N) is 4. The van der Waals surface area contributed by atoms with Gasteiger partial charge in [-0.25, -0.2) is 9.97 Å². The standard InChI is InChI=1S/C21H25N5O2/c1-15(27)25-10-12-26(13-11-25)19(28)21(2)9-8-16-14-22-20(24-18(16)21)23-17-6-4-3-5-7-17/h3-7,14H,8-13H2,1-2H3,(H,22,23,24). The van der Waals surface area contributed by atoms with Crippen molar-refractivity contribution in [3.63, 3.8) is 0 Å².